The third-order valence-corrected chi connectivity index (χ3v) is 4.75. The molecule has 1 atom stereocenters. The molecule has 0 spiro atoms. The van der Waals surface area contributed by atoms with Gasteiger partial charge in [0.1, 0.15) is 6.04 Å². The van der Waals surface area contributed by atoms with E-state index >= 15 is 0 Å². The summed E-state index contributed by atoms with van der Waals surface area (Å²) in [4.78, 5) is 24.9. The van der Waals surface area contributed by atoms with Crippen molar-refractivity contribution in [2.24, 2.45) is 0 Å². The van der Waals surface area contributed by atoms with E-state index in [-0.39, 0.29) is 16.6 Å². The molecule has 1 amide bonds. The van der Waals surface area contributed by atoms with E-state index < -0.39 is 11.0 Å². The van der Waals surface area contributed by atoms with Crippen molar-refractivity contribution in [3.63, 3.8) is 0 Å². The van der Waals surface area contributed by atoms with Gasteiger partial charge >= 0.3 is 0 Å². The molecule has 0 saturated carbocycles. The summed E-state index contributed by atoms with van der Waals surface area (Å²) in [6.45, 7) is 4.90. The molecular weight excluding hydrogens is 384 g/mol. The first-order valence-corrected chi connectivity index (χ1v) is 9.26. The number of halogens is 1. The zero-order valence-electron chi connectivity index (χ0n) is 15.4. The topological polar surface area (TPSA) is 96.7 Å². The highest BCUT2D eigenvalue weighted by Gasteiger charge is 2.17. The lowest BCUT2D eigenvalue weighted by Crippen LogP contribution is -2.36. The molecule has 3 rings (SSSR count). The van der Waals surface area contributed by atoms with Gasteiger partial charge in [-0.2, -0.15) is 0 Å². The lowest BCUT2D eigenvalue weighted by Gasteiger charge is -2.29. The maximum Gasteiger partial charge on any atom is 0.271 e. The molecule has 1 aliphatic rings. The average molecular weight is 405 g/mol. The molecule has 9 heteroatoms. The fourth-order valence-electron chi connectivity index (χ4n) is 2.87. The molecule has 1 heterocycles. The fourth-order valence-corrected chi connectivity index (χ4v) is 3.09. The lowest BCUT2D eigenvalue weighted by molar-refractivity contribution is -0.384. The number of nitro groups is 1. The van der Waals surface area contributed by atoms with Gasteiger partial charge in [0.25, 0.3) is 5.69 Å². The number of hydrogen-bond acceptors (Lipinski definition) is 6. The number of amides is 1. The fraction of sp³-hybridized carbons (Fsp3) is 0.316. The Labute approximate surface area is 167 Å². The molecule has 1 fully saturated rings. The number of ether oxygens (including phenoxy) is 1. The van der Waals surface area contributed by atoms with Crippen molar-refractivity contribution >= 4 is 40.3 Å². The molecule has 1 saturated heterocycles. The highest BCUT2D eigenvalue weighted by atomic mass is 35.5. The first-order valence-electron chi connectivity index (χ1n) is 8.88. The number of carbonyl (C=O) groups is 1. The Hall–Kier alpha value is -2.84. The minimum Gasteiger partial charge on any atom is -0.378 e. The van der Waals surface area contributed by atoms with Gasteiger partial charge in [-0.25, -0.2) is 0 Å². The summed E-state index contributed by atoms with van der Waals surface area (Å²) >= 11 is 6.02. The predicted molar refractivity (Wildman–Crippen MR) is 109 cm³/mol. The van der Waals surface area contributed by atoms with Crippen LogP contribution in [0.2, 0.25) is 5.02 Å². The summed E-state index contributed by atoms with van der Waals surface area (Å²) in [7, 11) is 0. The molecule has 1 unspecified atom stereocenters. The molecule has 0 aromatic heterocycles. The van der Waals surface area contributed by atoms with Crippen LogP contribution in [-0.4, -0.2) is 43.2 Å². The first-order chi connectivity index (χ1) is 13.4. The smallest absolute Gasteiger partial charge is 0.271 e. The molecule has 8 nitrogen and oxygen atoms in total. The highest BCUT2D eigenvalue weighted by molar-refractivity contribution is 6.34. The number of morpholine rings is 1. The largest absolute Gasteiger partial charge is 0.378 e. The van der Waals surface area contributed by atoms with Gasteiger partial charge in [-0.15, -0.1) is 0 Å². The Morgan fingerprint density at radius 3 is 2.50 bits per heavy atom. The zero-order chi connectivity index (χ0) is 20.1. The second-order valence-corrected chi connectivity index (χ2v) is 6.83. The Bertz CT molecular complexity index is 854. The van der Waals surface area contributed by atoms with Crippen LogP contribution in [0.3, 0.4) is 0 Å². The van der Waals surface area contributed by atoms with Gasteiger partial charge in [0.2, 0.25) is 5.91 Å². The second-order valence-electron chi connectivity index (χ2n) is 6.42. The lowest BCUT2D eigenvalue weighted by atomic mass is 10.2. The van der Waals surface area contributed by atoms with Crippen molar-refractivity contribution in [1.29, 1.82) is 0 Å². The summed E-state index contributed by atoms with van der Waals surface area (Å²) in [5.74, 6) is -0.298. The number of carbonyl (C=O) groups excluding carboxylic acids is 1. The van der Waals surface area contributed by atoms with Crippen molar-refractivity contribution in [1.82, 2.24) is 0 Å². The van der Waals surface area contributed by atoms with E-state index in [1.54, 1.807) is 6.92 Å². The maximum atomic E-state index is 12.4. The van der Waals surface area contributed by atoms with Crippen molar-refractivity contribution in [2.45, 2.75) is 13.0 Å². The van der Waals surface area contributed by atoms with Gasteiger partial charge in [-0.05, 0) is 37.3 Å². The van der Waals surface area contributed by atoms with Crippen LogP contribution in [0.5, 0.6) is 0 Å². The molecule has 2 aromatic carbocycles. The van der Waals surface area contributed by atoms with Gasteiger partial charge in [-0.1, -0.05) is 11.6 Å². The number of nitro benzene ring substituents is 1. The number of hydrogen-bond donors (Lipinski definition) is 2. The monoisotopic (exact) mass is 404 g/mol. The quantitative estimate of drug-likeness (QED) is 0.564. The SMILES string of the molecule is CC(Nc1ccc(N2CCOCC2)cc1)C(=O)Nc1ccc([N+](=O)[O-])cc1Cl. The molecule has 0 radical (unpaired) electrons. The van der Waals surface area contributed by atoms with Gasteiger partial charge in [0.15, 0.2) is 0 Å². The van der Waals surface area contributed by atoms with E-state index in [9.17, 15) is 14.9 Å². The van der Waals surface area contributed by atoms with Gasteiger partial charge < -0.3 is 20.3 Å². The number of benzene rings is 2. The Balaban J connectivity index is 1.58. The minimum absolute atomic E-state index is 0.115. The van der Waals surface area contributed by atoms with Crippen molar-refractivity contribution in [3.8, 4) is 0 Å². The van der Waals surface area contributed by atoms with Gasteiger partial charge in [-0.3, -0.25) is 14.9 Å². The van der Waals surface area contributed by atoms with Crippen LogP contribution in [0.15, 0.2) is 42.5 Å². The summed E-state index contributed by atoms with van der Waals surface area (Å²) in [6.07, 6.45) is 0. The molecule has 148 valence electrons. The summed E-state index contributed by atoms with van der Waals surface area (Å²) in [5, 5.41) is 16.7. The van der Waals surface area contributed by atoms with Crippen LogP contribution >= 0.6 is 11.6 Å². The van der Waals surface area contributed by atoms with Crippen LogP contribution < -0.4 is 15.5 Å². The number of rotatable bonds is 6. The van der Waals surface area contributed by atoms with E-state index in [0.29, 0.717) is 5.69 Å². The average Bonchev–Trinajstić information content (AvgIpc) is 2.70. The van der Waals surface area contributed by atoms with Gasteiger partial charge in [0, 0.05) is 36.6 Å². The molecule has 1 aliphatic heterocycles. The van der Waals surface area contributed by atoms with E-state index in [2.05, 4.69) is 15.5 Å². The van der Waals surface area contributed by atoms with Crippen LogP contribution in [0.4, 0.5) is 22.7 Å². The van der Waals surface area contributed by atoms with Crippen molar-refractivity contribution in [3.05, 3.63) is 57.6 Å². The summed E-state index contributed by atoms with van der Waals surface area (Å²) < 4.78 is 5.36. The standard InChI is InChI=1S/C19H21ClN4O4/c1-13(19(25)22-18-7-6-16(24(26)27)12-17(18)20)21-14-2-4-15(5-3-14)23-8-10-28-11-9-23/h2-7,12-13,21H,8-11H2,1H3,(H,22,25). The van der Waals surface area contributed by atoms with E-state index in [1.807, 2.05) is 24.3 Å². The minimum atomic E-state index is -0.539. The van der Waals surface area contributed by atoms with Crippen molar-refractivity contribution in [2.75, 3.05) is 41.8 Å². The Kier molecular flexibility index (Phi) is 6.33. The molecule has 0 bridgehead atoms. The third kappa shape index (κ3) is 4.90. The number of non-ortho nitro benzene ring substituents is 1. The normalized spacial score (nSPS) is 15.0. The van der Waals surface area contributed by atoms with E-state index in [1.165, 1.54) is 18.2 Å². The van der Waals surface area contributed by atoms with Gasteiger partial charge in [0.05, 0.1) is 28.8 Å². The second kappa shape index (κ2) is 8.90. The van der Waals surface area contributed by atoms with E-state index in [4.69, 9.17) is 16.3 Å². The molecule has 28 heavy (non-hydrogen) atoms. The van der Waals surface area contributed by atoms with Crippen LogP contribution in [0.1, 0.15) is 6.92 Å². The van der Waals surface area contributed by atoms with Crippen molar-refractivity contribution < 1.29 is 14.5 Å². The summed E-state index contributed by atoms with van der Waals surface area (Å²) in [6, 6.07) is 11.3. The zero-order valence-corrected chi connectivity index (χ0v) is 16.1. The Morgan fingerprint density at radius 2 is 1.89 bits per heavy atom. The number of nitrogens with zero attached hydrogens (tertiary/aromatic N) is 2. The number of anilines is 3. The molecular formula is C19H21ClN4O4. The highest BCUT2D eigenvalue weighted by Crippen LogP contribution is 2.27. The molecule has 0 aliphatic carbocycles. The Morgan fingerprint density at radius 1 is 1.21 bits per heavy atom. The van der Waals surface area contributed by atoms with Crippen LogP contribution in [-0.2, 0) is 9.53 Å². The third-order valence-electron chi connectivity index (χ3n) is 4.44. The summed E-state index contributed by atoms with van der Waals surface area (Å²) in [5.41, 5.74) is 2.13. The first kappa shape index (κ1) is 19.9. The molecule has 2 aromatic rings. The molecule has 2 N–H and O–H groups in total. The number of nitrogens with one attached hydrogen (secondary N) is 2. The van der Waals surface area contributed by atoms with Crippen LogP contribution in [0.25, 0.3) is 0 Å². The predicted octanol–water partition coefficient (Wildman–Crippen LogP) is 3.52. The van der Waals surface area contributed by atoms with E-state index in [0.717, 1.165) is 37.7 Å². The van der Waals surface area contributed by atoms with Crippen LogP contribution in [0, 0.1) is 10.1 Å². The maximum absolute atomic E-state index is 12.4.